The molecular formula is C17H14F2N2O2. The standard InChI is InChI=1S/C17H14F2N2O2/c1-10-7-13(11-3-5-12(22-2)6-4-11)16-14(8-10)21-15(9-20-16)23-17(18)19/h3-9,17H,1-2H3. The van der Waals surface area contributed by atoms with Crippen molar-refractivity contribution in [3.63, 3.8) is 0 Å². The largest absolute Gasteiger partial charge is 0.497 e. The number of alkyl halides is 2. The first-order valence-corrected chi connectivity index (χ1v) is 6.93. The number of hydrogen-bond acceptors (Lipinski definition) is 4. The summed E-state index contributed by atoms with van der Waals surface area (Å²) in [6.07, 6.45) is 1.21. The van der Waals surface area contributed by atoms with E-state index in [1.165, 1.54) is 6.20 Å². The van der Waals surface area contributed by atoms with Gasteiger partial charge in [-0.1, -0.05) is 12.1 Å². The third-order valence-electron chi connectivity index (χ3n) is 3.38. The normalized spacial score (nSPS) is 11.0. The summed E-state index contributed by atoms with van der Waals surface area (Å²) in [5.41, 5.74) is 3.90. The summed E-state index contributed by atoms with van der Waals surface area (Å²) in [6, 6.07) is 11.3. The molecule has 0 saturated heterocycles. The summed E-state index contributed by atoms with van der Waals surface area (Å²) in [4.78, 5) is 8.35. The van der Waals surface area contributed by atoms with E-state index in [4.69, 9.17) is 4.74 Å². The molecule has 0 saturated carbocycles. The lowest BCUT2D eigenvalue weighted by Gasteiger charge is -2.10. The van der Waals surface area contributed by atoms with Gasteiger partial charge in [-0.25, -0.2) is 9.97 Å². The predicted molar refractivity (Wildman–Crippen MR) is 82.9 cm³/mol. The topological polar surface area (TPSA) is 44.2 Å². The summed E-state index contributed by atoms with van der Waals surface area (Å²) in [5.74, 6) is 0.559. The van der Waals surface area contributed by atoms with E-state index >= 15 is 0 Å². The SMILES string of the molecule is COc1ccc(-c2cc(C)cc3nc(OC(F)F)cnc23)cc1. The Labute approximate surface area is 131 Å². The Morgan fingerprint density at radius 1 is 1.09 bits per heavy atom. The molecule has 1 aromatic heterocycles. The van der Waals surface area contributed by atoms with Gasteiger partial charge in [-0.3, -0.25) is 0 Å². The Balaban J connectivity index is 2.12. The first-order chi connectivity index (χ1) is 11.1. The molecule has 0 amide bonds. The number of hydrogen-bond donors (Lipinski definition) is 0. The molecule has 1 heterocycles. The van der Waals surface area contributed by atoms with Crippen LogP contribution in [0.25, 0.3) is 22.2 Å². The molecule has 118 valence electrons. The highest BCUT2D eigenvalue weighted by Crippen LogP contribution is 2.30. The third-order valence-corrected chi connectivity index (χ3v) is 3.38. The first-order valence-electron chi connectivity index (χ1n) is 6.93. The van der Waals surface area contributed by atoms with Gasteiger partial charge in [-0.15, -0.1) is 0 Å². The van der Waals surface area contributed by atoms with E-state index in [1.807, 2.05) is 37.3 Å². The van der Waals surface area contributed by atoms with Gasteiger partial charge in [0.25, 0.3) is 0 Å². The maximum Gasteiger partial charge on any atom is 0.388 e. The number of nitrogens with zero attached hydrogens (tertiary/aromatic N) is 2. The second-order valence-electron chi connectivity index (χ2n) is 5.00. The number of rotatable bonds is 4. The molecule has 6 heteroatoms. The number of aromatic nitrogens is 2. The molecule has 0 atom stereocenters. The second-order valence-corrected chi connectivity index (χ2v) is 5.00. The predicted octanol–water partition coefficient (Wildman–Crippen LogP) is 4.22. The molecule has 0 fully saturated rings. The number of methoxy groups -OCH3 is 1. The van der Waals surface area contributed by atoms with Gasteiger partial charge in [0.2, 0.25) is 5.88 Å². The molecule has 23 heavy (non-hydrogen) atoms. The van der Waals surface area contributed by atoms with E-state index in [-0.39, 0.29) is 5.88 Å². The number of fused-ring (bicyclic) bond motifs is 1. The second kappa shape index (κ2) is 6.16. The van der Waals surface area contributed by atoms with Crippen LogP contribution in [0.3, 0.4) is 0 Å². The zero-order chi connectivity index (χ0) is 16.4. The Hall–Kier alpha value is -2.76. The smallest absolute Gasteiger partial charge is 0.388 e. The van der Waals surface area contributed by atoms with Crippen LogP contribution < -0.4 is 9.47 Å². The molecule has 3 aromatic rings. The van der Waals surface area contributed by atoms with Crippen LogP contribution in [0.1, 0.15) is 5.56 Å². The minimum absolute atomic E-state index is 0.196. The Kier molecular flexibility index (Phi) is 4.06. The highest BCUT2D eigenvalue weighted by Gasteiger charge is 2.11. The lowest BCUT2D eigenvalue weighted by molar-refractivity contribution is -0.0528. The highest BCUT2D eigenvalue weighted by atomic mass is 19.3. The minimum Gasteiger partial charge on any atom is -0.497 e. The maximum absolute atomic E-state index is 12.3. The average molecular weight is 316 g/mol. The van der Waals surface area contributed by atoms with Crippen LogP contribution in [0.4, 0.5) is 8.78 Å². The molecule has 0 bridgehead atoms. The van der Waals surface area contributed by atoms with Gasteiger partial charge >= 0.3 is 6.61 Å². The van der Waals surface area contributed by atoms with E-state index in [9.17, 15) is 8.78 Å². The molecular weight excluding hydrogens is 302 g/mol. The fourth-order valence-corrected chi connectivity index (χ4v) is 2.39. The van der Waals surface area contributed by atoms with Crippen molar-refractivity contribution in [1.29, 1.82) is 0 Å². The fraction of sp³-hybridized carbons (Fsp3) is 0.176. The fourth-order valence-electron chi connectivity index (χ4n) is 2.39. The van der Waals surface area contributed by atoms with Crippen molar-refractivity contribution in [3.8, 4) is 22.8 Å². The van der Waals surface area contributed by atoms with Crippen LogP contribution in [0, 0.1) is 6.92 Å². The van der Waals surface area contributed by atoms with Gasteiger partial charge in [-0.2, -0.15) is 8.78 Å². The van der Waals surface area contributed by atoms with Gasteiger partial charge in [0.05, 0.1) is 24.3 Å². The molecule has 0 N–H and O–H groups in total. The van der Waals surface area contributed by atoms with Gasteiger partial charge in [0, 0.05) is 5.56 Å². The third kappa shape index (κ3) is 3.21. The van der Waals surface area contributed by atoms with Crippen LogP contribution in [-0.4, -0.2) is 23.7 Å². The van der Waals surface area contributed by atoms with E-state index in [0.717, 1.165) is 22.4 Å². The summed E-state index contributed by atoms with van der Waals surface area (Å²) >= 11 is 0. The molecule has 0 aliphatic carbocycles. The van der Waals surface area contributed by atoms with Gasteiger partial charge in [0.1, 0.15) is 5.75 Å². The number of ether oxygens (including phenoxy) is 2. The molecule has 0 radical (unpaired) electrons. The van der Waals surface area contributed by atoms with Crippen LogP contribution in [0.5, 0.6) is 11.6 Å². The average Bonchev–Trinajstić information content (AvgIpc) is 2.53. The van der Waals surface area contributed by atoms with Crippen molar-refractivity contribution >= 4 is 11.0 Å². The van der Waals surface area contributed by atoms with E-state index in [0.29, 0.717) is 11.0 Å². The van der Waals surface area contributed by atoms with Gasteiger partial charge in [-0.05, 0) is 42.3 Å². The van der Waals surface area contributed by atoms with E-state index in [2.05, 4.69) is 14.7 Å². The van der Waals surface area contributed by atoms with Crippen LogP contribution >= 0.6 is 0 Å². The zero-order valence-electron chi connectivity index (χ0n) is 12.6. The summed E-state index contributed by atoms with van der Waals surface area (Å²) in [7, 11) is 1.60. The molecule has 2 aromatic carbocycles. The maximum atomic E-state index is 12.3. The monoisotopic (exact) mass is 316 g/mol. The van der Waals surface area contributed by atoms with Crippen molar-refractivity contribution in [1.82, 2.24) is 9.97 Å². The Bertz CT molecular complexity index is 836. The van der Waals surface area contributed by atoms with Crippen LogP contribution in [0.2, 0.25) is 0 Å². The molecule has 0 aliphatic heterocycles. The quantitative estimate of drug-likeness (QED) is 0.723. The molecule has 0 spiro atoms. The molecule has 0 aliphatic rings. The molecule has 0 unspecified atom stereocenters. The lowest BCUT2D eigenvalue weighted by Crippen LogP contribution is -2.04. The lowest BCUT2D eigenvalue weighted by atomic mass is 10.0. The van der Waals surface area contributed by atoms with Crippen molar-refractivity contribution in [2.45, 2.75) is 13.5 Å². The number of aryl methyl sites for hydroxylation is 1. The summed E-state index contributed by atoms with van der Waals surface area (Å²) in [5, 5.41) is 0. The Morgan fingerprint density at radius 3 is 2.48 bits per heavy atom. The van der Waals surface area contributed by atoms with Crippen LogP contribution in [0.15, 0.2) is 42.6 Å². The highest BCUT2D eigenvalue weighted by molar-refractivity contribution is 5.92. The zero-order valence-corrected chi connectivity index (χ0v) is 12.6. The first kappa shape index (κ1) is 15.1. The van der Waals surface area contributed by atoms with Crippen molar-refractivity contribution in [2.24, 2.45) is 0 Å². The summed E-state index contributed by atoms with van der Waals surface area (Å²) < 4.78 is 34.1. The summed E-state index contributed by atoms with van der Waals surface area (Å²) in [6.45, 7) is -1.01. The van der Waals surface area contributed by atoms with E-state index < -0.39 is 6.61 Å². The van der Waals surface area contributed by atoms with E-state index in [1.54, 1.807) is 13.2 Å². The van der Waals surface area contributed by atoms with Gasteiger partial charge in [0.15, 0.2) is 0 Å². The number of benzene rings is 2. The van der Waals surface area contributed by atoms with Crippen molar-refractivity contribution in [2.75, 3.05) is 7.11 Å². The Morgan fingerprint density at radius 2 is 1.83 bits per heavy atom. The van der Waals surface area contributed by atoms with Crippen LogP contribution in [-0.2, 0) is 0 Å². The minimum atomic E-state index is -2.92. The number of halogens is 2. The molecule has 3 rings (SSSR count). The van der Waals surface area contributed by atoms with Gasteiger partial charge < -0.3 is 9.47 Å². The van der Waals surface area contributed by atoms with Crippen molar-refractivity contribution in [3.05, 3.63) is 48.2 Å². The van der Waals surface area contributed by atoms with Crippen molar-refractivity contribution < 1.29 is 18.3 Å². The molecule has 4 nitrogen and oxygen atoms in total.